The number of aryl methyl sites for hydroxylation is 1. The molecule has 0 amide bonds. The van der Waals surface area contributed by atoms with E-state index in [1.807, 2.05) is 13.0 Å². The van der Waals surface area contributed by atoms with Crippen molar-refractivity contribution in [3.05, 3.63) is 65.0 Å². The molecule has 26 heavy (non-hydrogen) atoms. The molecule has 0 radical (unpaired) electrons. The van der Waals surface area contributed by atoms with E-state index in [9.17, 15) is 12.8 Å². The average molecular weight is 375 g/mol. The Bertz CT molecular complexity index is 1020. The predicted molar refractivity (Wildman–Crippen MR) is 102 cm³/mol. The van der Waals surface area contributed by atoms with Gasteiger partial charge in [0.15, 0.2) is 14.6 Å². The molecule has 0 saturated carbocycles. The van der Waals surface area contributed by atoms with Crippen LogP contribution in [0.2, 0.25) is 0 Å². The molecule has 2 atom stereocenters. The van der Waals surface area contributed by atoms with Crippen LogP contribution in [0.1, 0.15) is 30.5 Å². The van der Waals surface area contributed by atoms with Crippen LogP contribution in [0.4, 0.5) is 10.1 Å². The Balaban J connectivity index is 2.23. The van der Waals surface area contributed by atoms with Crippen LogP contribution in [-0.2, 0) is 20.1 Å². The van der Waals surface area contributed by atoms with Crippen LogP contribution in [0.15, 0.2) is 47.5 Å². The molecular weight excluding hydrogens is 353 g/mol. The van der Waals surface area contributed by atoms with Crippen molar-refractivity contribution in [2.45, 2.75) is 31.1 Å². The van der Waals surface area contributed by atoms with Crippen LogP contribution < -0.4 is 11.5 Å². The summed E-state index contributed by atoms with van der Waals surface area (Å²) in [6, 6.07) is 11.2. The molecule has 1 aliphatic rings. The molecule has 0 aliphatic carbocycles. The van der Waals surface area contributed by atoms with Crippen molar-refractivity contribution in [3.63, 3.8) is 0 Å². The van der Waals surface area contributed by atoms with Gasteiger partial charge in [0.1, 0.15) is 17.2 Å². The maximum Gasteiger partial charge on any atom is 0.169 e. The number of halogens is 1. The molecule has 0 spiro atoms. The maximum atomic E-state index is 14.4. The molecule has 7 heteroatoms. The Morgan fingerprint density at radius 3 is 2.42 bits per heavy atom. The fourth-order valence-electron chi connectivity index (χ4n) is 3.44. The monoisotopic (exact) mass is 375 g/mol. The quantitative estimate of drug-likeness (QED) is 0.788. The van der Waals surface area contributed by atoms with Gasteiger partial charge in [0.2, 0.25) is 0 Å². The number of sulfone groups is 1. The number of nitrogen functional groups attached to an aromatic ring is 1. The summed E-state index contributed by atoms with van der Waals surface area (Å²) in [4.78, 5) is 4.46. The fraction of sp³-hybridized carbons (Fsp3) is 0.316. The van der Waals surface area contributed by atoms with Crippen LogP contribution in [0.5, 0.6) is 0 Å². The molecule has 0 unspecified atom stereocenters. The standard InChI is InChI=1S/C19H22FN3O2S/c1-12-5-4-6-13(9-12)19(3)17(22)23-18(2,11-26(19,24)25)15-10-14(21)7-8-16(15)20/h4-10H,11,21H2,1-3H3,(H2,22,23)/t18-,19+/m0/s1. The van der Waals surface area contributed by atoms with Crippen molar-refractivity contribution in [3.8, 4) is 0 Å². The molecule has 0 saturated heterocycles. The molecule has 0 bridgehead atoms. The second kappa shape index (κ2) is 5.81. The Morgan fingerprint density at radius 1 is 1.12 bits per heavy atom. The van der Waals surface area contributed by atoms with Gasteiger partial charge in [-0.2, -0.15) is 0 Å². The second-order valence-electron chi connectivity index (χ2n) is 7.17. The number of hydrogen-bond acceptors (Lipinski definition) is 5. The van der Waals surface area contributed by atoms with E-state index in [1.165, 1.54) is 18.2 Å². The molecule has 2 aromatic rings. The molecule has 5 nitrogen and oxygen atoms in total. The lowest BCUT2D eigenvalue weighted by atomic mass is 9.91. The second-order valence-corrected chi connectivity index (χ2v) is 9.51. The first kappa shape index (κ1) is 18.4. The van der Waals surface area contributed by atoms with Crippen molar-refractivity contribution < 1.29 is 12.8 Å². The zero-order chi connectivity index (χ0) is 19.3. The van der Waals surface area contributed by atoms with E-state index >= 15 is 0 Å². The van der Waals surface area contributed by atoms with E-state index in [0.29, 0.717) is 11.3 Å². The van der Waals surface area contributed by atoms with Gasteiger partial charge in [-0.15, -0.1) is 0 Å². The van der Waals surface area contributed by atoms with Gasteiger partial charge in [-0.3, -0.25) is 4.99 Å². The number of nitrogens with two attached hydrogens (primary N) is 2. The van der Waals surface area contributed by atoms with Crippen molar-refractivity contribution in [2.24, 2.45) is 10.7 Å². The maximum absolute atomic E-state index is 14.4. The zero-order valence-electron chi connectivity index (χ0n) is 15.0. The van der Waals surface area contributed by atoms with Gasteiger partial charge in [-0.25, -0.2) is 12.8 Å². The highest BCUT2D eigenvalue weighted by molar-refractivity contribution is 7.93. The van der Waals surface area contributed by atoms with E-state index < -0.39 is 25.9 Å². The first-order valence-corrected chi connectivity index (χ1v) is 9.85. The molecule has 1 aliphatic heterocycles. The number of nitrogens with zero attached hydrogens (tertiary/aromatic N) is 1. The van der Waals surface area contributed by atoms with Gasteiger partial charge in [0, 0.05) is 11.3 Å². The van der Waals surface area contributed by atoms with E-state index in [-0.39, 0.29) is 17.2 Å². The molecule has 4 N–H and O–H groups in total. The molecule has 138 valence electrons. The summed E-state index contributed by atoms with van der Waals surface area (Å²) in [5.74, 6) is -0.989. The Labute approximate surface area is 152 Å². The first-order chi connectivity index (χ1) is 12.0. The van der Waals surface area contributed by atoms with Gasteiger partial charge in [0.05, 0.1) is 5.75 Å². The summed E-state index contributed by atoms with van der Waals surface area (Å²) in [5.41, 5.74) is 12.5. The van der Waals surface area contributed by atoms with Crippen molar-refractivity contribution >= 4 is 21.4 Å². The van der Waals surface area contributed by atoms with E-state index in [1.54, 1.807) is 32.0 Å². The van der Waals surface area contributed by atoms with Crippen LogP contribution in [0.3, 0.4) is 0 Å². The van der Waals surface area contributed by atoms with Crippen molar-refractivity contribution in [2.75, 3.05) is 11.5 Å². The Kier molecular flexibility index (Phi) is 4.10. The third-order valence-corrected chi connectivity index (χ3v) is 7.72. The highest BCUT2D eigenvalue weighted by Gasteiger charge is 2.53. The number of amidine groups is 1. The average Bonchev–Trinajstić information content (AvgIpc) is 2.54. The number of benzene rings is 2. The summed E-state index contributed by atoms with van der Waals surface area (Å²) in [6.07, 6.45) is 0. The summed E-state index contributed by atoms with van der Waals surface area (Å²) >= 11 is 0. The van der Waals surface area contributed by atoms with E-state index in [0.717, 1.165) is 5.56 Å². The van der Waals surface area contributed by atoms with Gasteiger partial charge >= 0.3 is 0 Å². The minimum atomic E-state index is -3.79. The van der Waals surface area contributed by atoms with Crippen LogP contribution in [0, 0.1) is 12.7 Å². The summed E-state index contributed by atoms with van der Waals surface area (Å²) < 4.78 is 39.5. The molecule has 0 aromatic heterocycles. The van der Waals surface area contributed by atoms with Crippen LogP contribution in [0.25, 0.3) is 0 Å². The lowest BCUT2D eigenvalue weighted by Gasteiger charge is -2.40. The number of hydrogen-bond donors (Lipinski definition) is 2. The lowest BCUT2D eigenvalue weighted by molar-refractivity contribution is 0.474. The third-order valence-electron chi connectivity index (χ3n) is 5.09. The molecule has 3 rings (SSSR count). The Morgan fingerprint density at radius 2 is 1.81 bits per heavy atom. The molecular formula is C19H22FN3O2S. The van der Waals surface area contributed by atoms with E-state index in [2.05, 4.69) is 4.99 Å². The summed E-state index contributed by atoms with van der Waals surface area (Å²) in [5, 5.41) is 0. The SMILES string of the molecule is Cc1cccc([C@]2(C)C(N)=N[C@](C)(c3cc(N)ccc3F)CS2(=O)=O)c1. The summed E-state index contributed by atoms with van der Waals surface area (Å²) in [7, 11) is -3.79. The topological polar surface area (TPSA) is 98.5 Å². The largest absolute Gasteiger partial charge is 0.399 e. The number of rotatable bonds is 2. The van der Waals surface area contributed by atoms with Gasteiger partial charge in [-0.05, 0) is 44.5 Å². The number of aliphatic imine (C=N–C) groups is 1. The van der Waals surface area contributed by atoms with E-state index in [4.69, 9.17) is 11.5 Å². The molecule has 1 heterocycles. The van der Waals surface area contributed by atoms with Crippen molar-refractivity contribution in [1.29, 1.82) is 0 Å². The van der Waals surface area contributed by atoms with Gasteiger partial charge in [-0.1, -0.05) is 29.8 Å². The Hall–Kier alpha value is -2.41. The van der Waals surface area contributed by atoms with Crippen LogP contribution in [-0.4, -0.2) is 20.0 Å². The number of anilines is 1. The normalized spacial score (nSPS) is 27.8. The first-order valence-electron chi connectivity index (χ1n) is 8.20. The third kappa shape index (κ3) is 2.67. The molecule has 2 aromatic carbocycles. The lowest BCUT2D eigenvalue weighted by Crippen LogP contribution is -2.54. The zero-order valence-corrected chi connectivity index (χ0v) is 15.8. The highest BCUT2D eigenvalue weighted by Crippen LogP contribution is 2.43. The summed E-state index contributed by atoms with van der Waals surface area (Å²) in [6.45, 7) is 4.98. The molecule has 0 fully saturated rings. The minimum Gasteiger partial charge on any atom is -0.399 e. The van der Waals surface area contributed by atoms with Gasteiger partial charge in [0.25, 0.3) is 0 Å². The smallest absolute Gasteiger partial charge is 0.169 e. The predicted octanol–water partition coefficient (Wildman–Crippen LogP) is 2.63. The minimum absolute atomic E-state index is 0.0568. The van der Waals surface area contributed by atoms with Gasteiger partial charge < -0.3 is 11.5 Å². The van der Waals surface area contributed by atoms with Crippen LogP contribution >= 0.6 is 0 Å². The highest BCUT2D eigenvalue weighted by atomic mass is 32.2. The van der Waals surface area contributed by atoms with Crippen molar-refractivity contribution in [1.82, 2.24) is 0 Å². The fourth-order valence-corrected chi connectivity index (χ4v) is 5.54.